The first-order chi connectivity index (χ1) is 12.9. The summed E-state index contributed by atoms with van der Waals surface area (Å²) in [6.45, 7) is 0. The predicted octanol–water partition coefficient (Wildman–Crippen LogP) is 2.42. The average Bonchev–Trinajstić information content (AvgIpc) is 2.54. The SMILES string of the molecule is O=S(=O)([O-])C(F)(F)F.O=S(=O)([O-])C(F)(F)F.[Ru+2].c1ccc(Pc2ccccc2)cc1. The van der Waals surface area contributed by atoms with Crippen LogP contribution in [0.2, 0.25) is 0 Å². The maximum absolute atomic E-state index is 10.7. The van der Waals surface area contributed by atoms with E-state index in [4.69, 9.17) is 25.9 Å². The van der Waals surface area contributed by atoms with Crippen LogP contribution in [0.25, 0.3) is 0 Å². The van der Waals surface area contributed by atoms with Crippen molar-refractivity contribution in [3.8, 4) is 0 Å². The second kappa shape index (κ2) is 12.7. The summed E-state index contributed by atoms with van der Waals surface area (Å²) >= 11 is 0. The third-order valence-corrected chi connectivity index (χ3v) is 4.78. The van der Waals surface area contributed by atoms with Gasteiger partial charge in [0, 0.05) is 0 Å². The fraction of sp³-hybridized carbons (Fsp3) is 0.143. The van der Waals surface area contributed by atoms with Gasteiger partial charge in [-0.2, -0.15) is 26.3 Å². The molecule has 0 unspecified atom stereocenters. The molecule has 0 saturated heterocycles. The van der Waals surface area contributed by atoms with Crippen molar-refractivity contribution in [3.05, 3.63) is 60.7 Å². The summed E-state index contributed by atoms with van der Waals surface area (Å²) in [6, 6.07) is 21.2. The molecular formula is C14H11F6O6PRuS2. The molecule has 30 heavy (non-hydrogen) atoms. The molecule has 0 atom stereocenters. The summed E-state index contributed by atoms with van der Waals surface area (Å²) in [7, 11) is -11.4. The van der Waals surface area contributed by atoms with Gasteiger partial charge in [0.15, 0.2) is 20.2 Å². The summed E-state index contributed by atoms with van der Waals surface area (Å²) in [6.07, 6.45) is 0. The zero-order chi connectivity index (χ0) is 22.9. The van der Waals surface area contributed by atoms with Crippen LogP contribution in [0, 0.1) is 0 Å². The minimum atomic E-state index is -6.09. The second-order valence-corrected chi connectivity index (χ2v) is 8.80. The Morgan fingerprint density at radius 2 is 0.800 bits per heavy atom. The normalized spacial score (nSPS) is 11.7. The van der Waals surface area contributed by atoms with E-state index in [9.17, 15) is 26.3 Å². The van der Waals surface area contributed by atoms with Crippen molar-refractivity contribution in [1.29, 1.82) is 0 Å². The van der Waals surface area contributed by atoms with Gasteiger partial charge in [0.25, 0.3) is 0 Å². The van der Waals surface area contributed by atoms with Crippen molar-refractivity contribution >= 4 is 39.4 Å². The smallest absolute Gasteiger partial charge is 0.741 e. The van der Waals surface area contributed by atoms with Gasteiger partial charge in [-0.25, -0.2) is 16.8 Å². The third kappa shape index (κ3) is 13.2. The Labute approximate surface area is 182 Å². The van der Waals surface area contributed by atoms with Gasteiger partial charge in [0.05, 0.1) is 0 Å². The van der Waals surface area contributed by atoms with E-state index in [1.807, 2.05) is 0 Å². The fourth-order valence-electron chi connectivity index (χ4n) is 1.21. The summed E-state index contributed by atoms with van der Waals surface area (Å²) in [5.74, 6) is 0. The summed E-state index contributed by atoms with van der Waals surface area (Å²) < 4.78 is 118. The van der Waals surface area contributed by atoms with Gasteiger partial charge in [-0.3, -0.25) is 0 Å². The van der Waals surface area contributed by atoms with Crippen LogP contribution in [0.15, 0.2) is 60.7 Å². The Kier molecular flexibility index (Phi) is 13.1. The molecular weight excluding hydrogens is 574 g/mol. The van der Waals surface area contributed by atoms with E-state index in [1.54, 1.807) is 0 Å². The van der Waals surface area contributed by atoms with Crippen molar-refractivity contribution < 1.29 is 71.8 Å². The first kappa shape index (κ1) is 31.1. The molecule has 2 aromatic rings. The molecule has 0 aliphatic carbocycles. The van der Waals surface area contributed by atoms with Gasteiger partial charge in [-0.05, 0) is 10.6 Å². The number of hydrogen-bond donors (Lipinski definition) is 0. The number of halogens is 6. The van der Waals surface area contributed by atoms with E-state index >= 15 is 0 Å². The summed E-state index contributed by atoms with van der Waals surface area (Å²) in [5, 5.41) is 2.79. The minimum absolute atomic E-state index is 0. The number of rotatable bonds is 2. The molecule has 0 aliphatic rings. The zero-order valence-electron chi connectivity index (χ0n) is 14.2. The van der Waals surface area contributed by atoms with E-state index in [2.05, 4.69) is 60.7 Å². The second-order valence-electron chi connectivity index (χ2n) is 4.66. The molecule has 0 amide bonds. The summed E-state index contributed by atoms with van der Waals surface area (Å²) in [4.78, 5) is 0. The maximum Gasteiger partial charge on any atom is 2.00 e. The van der Waals surface area contributed by atoms with E-state index in [1.165, 1.54) is 10.6 Å². The standard InChI is InChI=1S/C12H11P.2CHF3O3S.Ru/c1-3-7-11(8-4-1)13-12-9-5-2-6-10-12;2*2-1(3,4)8(5,6)7;/h1-10,13H;2*(H,5,6,7);/q;;;+2/p-2. The minimum Gasteiger partial charge on any atom is -0.741 e. The number of benzene rings is 2. The van der Waals surface area contributed by atoms with E-state index in [0.717, 1.165) is 8.58 Å². The molecule has 0 N–H and O–H groups in total. The molecule has 16 heteroatoms. The Hall–Kier alpha value is -1.11. The zero-order valence-corrected chi connectivity index (χ0v) is 18.5. The molecule has 0 aliphatic heterocycles. The monoisotopic (exact) mass is 586 g/mol. The molecule has 0 radical (unpaired) electrons. The van der Waals surface area contributed by atoms with Crippen LogP contribution in [-0.4, -0.2) is 37.0 Å². The Morgan fingerprint density at radius 3 is 0.967 bits per heavy atom. The Balaban J connectivity index is 0. The van der Waals surface area contributed by atoms with Crippen molar-refractivity contribution in [1.82, 2.24) is 0 Å². The maximum atomic E-state index is 10.7. The first-order valence-corrected chi connectivity index (χ1v) is 10.7. The third-order valence-electron chi connectivity index (χ3n) is 2.40. The van der Waals surface area contributed by atoms with Gasteiger partial charge in [-0.1, -0.05) is 69.2 Å². The first-order valence-electron chi connectivity index (χ1n) is 6.86. The average molecular weight is 585 g/mol. The topological polar surface area (TPSA) is 114 Å². The van der Waals surface area contributed by atoms with Crippen molar-refractivity contribution in [2.75, 3.05) is 0 Å². The van der Waals surface area contributed by atoms with Crippen LogP contribution < -0.4 is 10.6 Å². The fourth-order valence-corrected chi connectivity index (χ4v) is 2.26. The van der Waals surface area contributed by atoms with Crippen LogP contribution in [0.4, 0.5) is 26.3 Å². The van der Waals surface area contributed by atoms with Gasteiger partial charge in [-0.15, -0.1) is 0 Å². The van der Waals surface area contributed by atoms with Crippen molar-refractivity contribution in [2.24, 2.45) is 0 Å². The van der Waals surface area contributed by atoms with E-state index in [0.29, 0.717) is 0 Å². The van der Waals surface area contributed by atoms with Gasteiger partial charge >= 0.3 is 30.5 Å². The molecule has 0 aromatic heterocycles. The Bertz CT molecular complexity index is 872. The van der Waals surface area contributed by atoms with E-state index < -0.39 is 31.3 Å². The van der Waals surface area contributed by atoms with Crippen LogP contribution in [0.3, 0.4) is 0 Å². The predicted molar refractivity (Wildman–Crippen MR) is 92.0 cm³/mol. The molecule has 0 spiro atoms. The molecule has 0 bridgehead atoms. The number of hydrogen-bond acceptors (Lipinski definition) is 6. The molecule has 2 rings (SSSR count). The molecule has 0 saturated carbocycles. The molecule has 6 nitrogen and oxygen atoms in total. The van der Waals surface area contributed by atoms with Crippen LogP contribution in [0.5, 0.6) is 0 Å². The quantitative estimate of drug-likeness (QED) is 0.176. The molecule has 0 heterocycles. The molecule has 170 valence electrons. The Morgan fingerprint density at radius 1 is 0.600 bits per heavy atom. The van der Waals surface area contributed by atoms with Crippen molar-refractivity contribution in [3.63, 3.8) is 0 Å². The van der Waals surface area contributed by atoms with Crippen LogP contribution in [-0.2, 0) is 39.7 Å². The largest absolute Gasteiger partial charge is 2.00 e. The molecule has 2 aromatic carbocycles. The van der Waals surface area contributed by atoms with Crippen LogP contribution in [0.1, 0.15) is 0 Å². The van der Waals surface area contributed by atoms with E-state index in [-0.39, 0.29) is 19.5 Å². The van der Waals surface area contributed by atoms with Crippen molar-refractivity contribution in [2.45, 2.75) is 11.0 Å². The summed E-state index contributed by atoms with van der Waals surface area (Å²) in [5.41, 5.74) is -11.3. The van der Waals surface area contributed by atoms with Gasteiger partial charge in [0.2, 0.25) is 0 Å². The molecule has 0 fully saturated rings. The van der Waals surface area contributed by atoms with Gasteiger partial charge < -0.3 is 9.11 Å². The van der Waals surface area contributed by atoms with Gasteiger partial charge in [0.1, 0.15) is 0 Å². The number of alkyl halides is 6. The van der Waals surface area contributed by atoms with Crippen LogP contribution >= 0.6 is 8.58 Å².